The van der Waals surface area contributed by atoms with Crippen LogP contribution in [0, 0.1) is 0 Å². The van der Waals surface area contributed by atoms with Gasteiger partial charge in [-0.15, -0.1) is 0 Å². The Morgan fingerprint density at radius 3 is 1.08 bits per heavy atom. The van der Waals surface area contributed by atoms with E-state index in [2.05, 4.69) is 148 Å². The van der Waals surface area contributed by atoms with E-state index in [-0.39, 0.29) is 32.6 Å². The first-order chi connectivity index (χ1) is 37.3. The molecule has 0 amide bonds. The summed E-state index contributed by atoms with van der Waals surface area (Å²) in [5.41, 5.74) is 5.38. The number of esters is 2. The largest absolute Gasteiger partial charge is 0.472 e. The van der Waals surface area contributed by atoms with Gasteiger partial charge >= 0.3 is 19.8 Å². The van der Waals surface area contributed by atoms with Crippen LogP contribution in [-0.2, 0) is 32.7 Å². The van der Waals surface area contributed by atoms with Crippen molar-refractivity contribution in [2.24, 2.45) is 5.73 Å². The molecule has 0 radical (unpaired) electrons. The monoisotopic (exact) mass is 1080 g/mol. The molecule has 432 valence electrons. The summed E-state index contributed by atoms with van der Waals surface area (Å²) in [6.45, 7) is 3.58. The molecule has 0 aromatic heterocycles. The van der Waals surface area contributed by atoms with Crippen LogP contribution >= 0.6 is 7.82 Å². The Kier molecular flexibility index (Phi) is 57.3. The number of carbonyl (C=O) groups excluding carboxylic acids is 2. The molecule has 3 N–H and O–H groups in total. The number of unbranched alkanes of at least 4 members (excludes halogenated alkanes) is 20. The summed E-state index contributed by atoms with van der Waals surface area (Å²) in [6, 6.07) is 0. The Morgan fingerprint density at radius 1 is 0.408 bits per heavy atom. The van der Waals surface area contributed by atoms with Crippen LogP contribution in [0.3, 0.4) is 0 Å². The number of hydrogen-bond acceptors (Lipinski definition) is 8. The molecule has 0 heterocycles. The molecular formula is C66H110NO8P. The van der Waals surface area contributed by atoms with Gasteiger partial charge in [-0.05, 0) is 116 Å². The van der Waals surface area contributed by atoms with Crippen LogP contribution in [0.1, 0.15) is 239 Å². The molecule has 0 spiro atoms. The van der Waals surface area contributed by atoms with E-state index in [0.717, 1.165) is 122 Å². The molecule has 0 aliphatic heterocycles. The number of carbonyl (C=O) groups is 2. The lowest BCUT2D eigenvalue weighted by atomic mass is 10.0. The second-order valence-electron chi connectivity index (χ2n) is 19.5. The Balaban J connectivity index is 3.97. The van der Waals surface area contributed by atoms with Gasteiger partial charge in [-0.25, -0.2) is 4.57 Å². The van der Waals surface area contributed by atoms with Crippen LogP contribution in [0.2, 0.25) is 0 Å². The number of rotatable bonds is 55. The fourth-order valence-corrected chi connectivity index (χ4v) is 8.60. The van der Waals surface area contributed by atoms with Crippen LogP contribution in [0.25, 0.3) is 0 Å². The number of phosphoric acid groups is 1. The predicted molar refractivity (Wildman–Crippen MR) is 325 cm³/mol. The molecule has 0 fully saturated rings. The molecule has 0 rings (SSSR count). The summed E-state index contributed by atoms with van der Waals surface area (Å²) in [4.78, 5) is 35.1. The lowest BCUT2D eigenvalue weighted by Gasteiger charge is -2.19. The first-order valence-corrected chi connectivity index (χ1v) is 31.7. The molecule has 0 saturated heterocycles. The topological polar surface area (TPSA) is 134 Å². The third kappa shape index (κ3) is 59.4. The van der Waals surface area contributed by atoms with E-state index in [4.69, 9.17) is 24.3 Å². The number of ether oxygens (including phenoxy) is 2. The van der Waals surface area contributed by atoms with Crippen molar-refractivity contribution in [2.75, 3.05) is 26.4 Å². The molecule has 76 heavy (non-hydrogen) atoms. The minimum absolute atomic E-state index is 0.0452. The fraction of sp³-hybridized carbons (Fsp3) is 0.636. The molecule has 0 aromatic carbocycles. The molecule has 0 bridgehead atoms. The Morgan fingerprint density at radius 2 is 0.724 bits per heavy atom. The van der Waals surface area contributed by atoms with E-state index in [1.807, 2.05) is 0 Å². The highest BCUT2D eigenvalue weighted by Crippen LogP contribution is 2.43. The molecule has 0 aliphatic rings. The fourth-order valence-electron chi connectivity index (χ4n) is 7.83. The maximum Gasteiger partial charge on any atom is 0.472 e. The zero-order valence-electron chi connectivity index (χ0n) is 48.2. The lowest BCUT2D eigenvalue weighted by molar-refractivity contribution is -0.161. The normalized spacial score (nSPS) is 14.0. The second-order valence-corrected chi connectivity index (χ2v) is 20.9. The van der Waals surface area contributed by atoms with Crippen LogP contribution in [0.4, 0.5) is 0 Å². The van der Waals surface area contributed by atoms with Gasteiger partial charge in [0, 0.05) is 19.4 Å². The van der Waals surface area contributed by atoms with Gasteiger partial charge in [-0.3, -0.25) is 18.6 Å². The summed E-state index contributed by atoms with van der Waals surface area (Å²) < 4.78 is 33.0. The molecule has 2 atom stereocenters. The summed E-state index contributed by atoms with van der Waals surface area (Å²) >= 11 is 0. The average molecular weight is 1080 g/mol. The number of hydrogen-bond donors (Lipinski definition) is 2. The summed E-state index contributed by atoms with van der Waals surface area (Å²) in [6.07, 6.45) is 85.1. The molecule has 0 saturated carbocycles. The highest BCUT2D eigenvalue weighted by Gasteiger charge is 2.26. The quantitative estimate of drug-likeness (QED) is 0.0264. The van der Waals surface area contributed by atoms with Crippen LogP contribution in [0.5, 0.6) is 0 Å². The minimum atomic E-state index is -4.40. The average Bonchev–Trinajstić information content (AvgIpc) is 3.41. The molecule has 2 unspecified atom stereocenters. The van der Waals surface area contributed by atoms with Gasteiger partial charge in [0.1, 0.15) is 6.61 Å². The molecule has 10 heteroatoms. The third-order valence-electron chi connectivity index (χ3n) is 12.3. The van der Waals surface area contributed by atoms with Gasteiger partial charge in [0.15, 0.2) is 6.10 Å². The lowest BCUT2D eigenvalue weighted by Crippen LogP contribution is -2.29. The molecule has 9 nitrogen and oxygen atoms in total. The molecular weight excluding hydrogens is 966 g/mol. The van der Waals surface area contributed by atoms with Crippen molar-refractivity contribution in [1.29, 1.82) is 0 Å². The van der Waals surface area contributed by atoms with Crippen molar-refractivity contribution in [3.05, 3.63) is 134 Å². The van der Waals surface area contributed by atoms with E-state index in [9.17, 15) is 19.0 Å². The summed E-state index contributed by atoms with van der Waals surface area (Å²) in [7, 11) is -4.40. The van der Waals surface area contributed by atoms with Crippen molar-refractivity contribution < 1.29 is 37.6 Å². The predicted octanol–water partition coefficient (Wildman–Crippen LogP) is 19.3. The van der Waals surface area contributed by atoms with Crippen molar-refractivity contribution in [2.45, 2.75) is 245 Å². The maximum atomic E-state index is 12.7. The highest BCUT2D eigenvalue weighted by molar-refractivity contribution is 7.47. The van der Waals surface area contributed by atoms with Gasteiger partial charge in [-0.2, -0.15) is 0 Å². The number of phosphoric ester groups is 1. The summed E-state index contributed by atoms with van der Waals surface area (Å²) in [5.74, 6) is -0.853. The SMILES string of the molecule is CC/C=C\C/C=C\C/C=C\C/C=C\C/C=C\C/C=C\C/C=C\C/C=C\C/C=C\CCCCCCCCCCCCCC(=O)OC(COC(=O)CCCCCCC/C=C\C/C=C\CCCCCC)COP(=O)(O)OCCN. The Bertz CT molecular complexity index is 1700. The second kappa shape index (κ2) is 60.4. The van der Waals surface area contributed by atoms with Gasteiger partial charge in [-0.1, -0.05) is 244 Å². The van der Waals surface area contributed by atoms with Crippen LogP contribution in [-0.4, -0.2) is 49.3 Å². The van der Waals surface area contributed by atoms with Gasteiger partial charge in [0.2, 0.25) is 0 Å². The van der Waals surface area contributed by atoms with Gasteiger partial charge in [0.05, 0.1) is 13.2 Å². The molecule has 0 aliphatic carbocycles. The molecule has 0 aromatic rings. The Hall–Kier alpha value is -3.85. The zero-order chi connectivity index (χ0) is 55.2. The smallest absolute Gasteiger partial charge is 0.462 e. The first-order valence-electron chi connectivity index (χ1n) is 30.2. The van der Waals surface area contributed by atoms with E-state index < -0.39 is 32.5 Å². The number of nitrogens with two attached hydrogens (primary N) is 1. The maximum absolute atomic E-state index is 12.7. The zero-order valence-corrected chi connectivity index (χ0v) is 49.1. The summed E-state index contributed by atoms with van der Waals surface area (Å²) in [5, 5.41) is 0. The van der Waals surface area contributed by atoms with Gasteiger partial charge in [0.25, 0.3) is 0 Å². The van der Waals surface area contributed by atoms with Crippen LogP contribution in [0.15, 0.2) is 134 Å². The Labute approximate surface area is 465 Å². The van der Waals surface area contributed by atoms with Crippen LogP contribution < -0.4 is 5.73 Å². The van der Waals surface area contributed by atoms with Crippen molar-refractivity contribution in [3.8, 4) is 0 Å². The van der Waals surface area contributed by atoms with E-state index in [1.165, 1.54) is 77.0 Å². The van der Waals surface area contributed by atoms with Gasteiger partial charge < -0.3 is 20.1 Å². The van der Waals surface area contributed by atoms with E-state index in [1.54, 1.807) is 0 Å². The minimum Gasteiger partial charge on any atom is -0.462 e. The van der Waals surface area contributed by atoms with E-state index in [0.29, 0.717) is 12.8 Å². The third-order valence-corrected chi connectivity index (χ3v) is 13.3. The number of allylic oxidation sites excluding steroid dienone is 22. The first kappa shape index (κ1) is 72.2. The standard InChI is InChI=1S/C66H110NO8P/c1-3-5-7-9-11-13-15-17-19-21-22-23-24-25-26-27-28-29-30-31-32-33-34-35-36-37-38-39-40-41-42-43-45-47-49-51-53-55-57-59-66(69)75-64(63-74-76(70,71)73-61-60-67)62-72-65(68)58-56-54-52-50-48-46-44-20-18-16-14-12-10-8-6-4-2/h5,7,11,13-14,16-17,19-20,22-23,25-26,28-29,31-32,34-35,37-38,44,64H,3-4,6,8-10,12,15,18,21,24,27,30,33,36,39-43,45-63,67H2,1-2H3,(H,70,71)/b7-5-,13-11-,16-14-,19-17-,23-22-,26-25-,29-28-,32-31-,35-34-,38-37-,44-20-. The van der Waals surface area contributed by atoms with Crippen molar-refractivity contribution in [1.82, 2.24) is 0 Å². The highest BCUT2D eigenvalue weighted by atomic mass is 31.2. The van der Waals surface area contributed by atoms with E-state index >= 15 is 0 Å². The van der Waals surface area contributed by atoms with Crippen molar-refractivity contribution in [3.63, 3.8) is 0 Å². The van der Waals surface area contributed by atoms with Crippen molar-refractivity contribution >= 4 is 19.8 Å².